The van der Waals surface area contributed by atoms with Crippen molar-refractivity contribution in [2.75, 3.05) is 18.5 Å². The number of hydrogen-bond acceptors (Lipinski definition) is 3. The molecule has 1 saturated heterocycles. The van der Waals surface area contributed by atoms with E-state index < -0.39 is 0 Å². The summed E-state index contributed by atoms with van der Waals surface area (Å²) in [6, 6.07) is 10.4. The number of fused-ring (bicyclic) bond motifs is 1. The summed E-state index contributed by atoms with van der Waals surface area (Å²) in [5.74, 6) is 0. The monoisotopic (exact) mass is 260 g/mol. The van der Waals surface area contributed by atoms with Crippen molar-refractivity contribution in [2.45, 2.75) is 31.8 Å². The van der Waals surface area contributed by atoms with Crippen LogP contribution in [-0.4, -0.2) is 25.7 Å². The normalized spacial score (nSPS) is 24.7. The molecule has 0 spiro atoms. The van der Waals surface area contributed by atoms with Gasteiger partial charge in [-0.2, -0.15) is 0 Å². The molecule has 1 fully saturated rings. The lowest BCUT2D eigenvalue weighted by Crippen LogP contribution is -2.46. The van der Waals surface area contributed by atoms with Crippen molar-refractivity contribution < 1.29 is 0 Å². The molecule has 1 aromatic heterocycles. The highest BCUT2D eigenvalue weighted by Crippen LogP contribution is 2.29. The van der Waals surface area contributed by atoms with Crippen molar-refractivity contribution in [1.29, 1.82) is 0 Å². The van der Waals surface area contributed by atoms with Crippen LogP contribution < -0.4 is 10.2 Å². The molecule has 1 aliphatic heterocycles. The maximum absolute atomic E-state index is 3.41. The Labute approximate surface area is 113 Å². The van der Waals surface area contributed by atoms with Gasteiger partial charge in [-0.25, -0.2) is 0 Å². The first-order valence-corrected chi connectivity index (χ1v) is 7.57. The van der Waals surface area contributed by atoms with Crippen molar-refractivity contribution in [3.63, 3.8) is 0 Å². The molecule has 0 amide bonds. The molecule has 0 bridgehead atoms. The fraction of sp³-hybridized carbons (Fsp3) is 0.467. The maximum atomic E-state index is 3.41. The Bertz CT molecular complexity index is 534. The van der Waals surface area contributed by atoms with E-state index in [0.717, 1.165) is 6.54 Å². The summed E-state index contributed by atoms with van der Waals surface area (Å²) >= 11 is 1.82. The zero-order chi connectivity index (χ0) is 12.5. The number of thiophene rings is 1. The van der Waals surface area contributed by atoms with Crippen molar-refractivity contribution in [1.82, 2.24) is 5.32 Å². The average Bonchev–Trinajstić information content (AvgIpc) is 2.85. The van der Waals surface area contributed by atoms with Crippen LogP contribution in [0.2, 0.25) is 0 Å². The van der Waals surface area contributed by atoms with E-state index in [1.165, 1.54) is 28.6 Å². The van der Waals surface area contributed by atoms with E-state index in [0.29, 0.717) is 12.1 Å². The third-order valence-corrected chi connectivity index (χ3v) is 4.95. The summed E-state index contributed by atoms with van der Waals surface area (Å²) in [7, 11) is 2.07. The number of hydrogen-bond donors (Lipinski definition) is 1. The molecule has 1 aromatic carbocycles. The molecular weight excluding hydrogens is 240 g/mol. The fourth-order valence-corrected chi connectivity index (χ4v) is 3.72. The molecule has 0 aliphatic carbocycles. The summed E-state index contributed by atoms with van der Waals surface area (Å²) in [6.07, 6.45) is 2.47. The highest BCUT2D eigenvalue weighted by atomic mass is 32.1. The Morgan fingerprint density at radius 1 is 1.33 bits per heavy atom. The van der Waals surface area contributed by atoms with Gasteiger partial charge < -0.3 is 10.2 Å². The smallest absolute Gasteiger partial charge is 0.0375 e. The predicted molar refractivity (Wildman–Crippen MR) is 80.7 cm³/mol. The first-order valence-electron chi connectivity index (χ1n) is 6.69. The first-order chi connectivity index (χ1) is 8.78. The predicted octanol–water partition coefficient (Wildman–Crippen LogP) is 3.48. The van der Waals surface area contributed by atoms with E-state index >= 15 is 0 Å². The summed E-state index contributed by atoms with van der Waals surface area (Å²) < 4.78 is 1.39. The van der Waals surface area contributed by atoms with Crippen molar-refractivity contribution in [3.05, 3.63) is 29.6 Å². The first kappa shape index (κ1) is 12.0. The van der Waals surface area contributed by atoms with Crippen LogP contribution in [0.15, 0.2) is 29.6 Å². The van der Waals surface area contributed by atoms with Gasteiger partial charge in [0.25, 0.3) is 0 Å². The van der Waals surface area contributed by atoms with Crippen molar-refractivity contribution >= 4 is 27.1 Å². The number of piperidine rings is 1. The lowest BCUT2D eigenvalue weighted by Gasteiger charge is -2.39. The molecule has 18 heavy (non-hydrogen) atoms. The Morgan fingerprint density at radius 3 is 3.00 bits per heavy atom. The third kappa shape index (κ3) is 2.13. The van der Waals surface area contributed by atoms with E-state index in [1.54, 1.807) is 0 Å². The van der Waals surface area contributed by atoms with E-state index in [1.807, 2.05) is 11.3 Å². The van der Waals surface area contributed by atoms with Crippen molar-refractivity contribution in [2.24, 2.45) is 0 Å². The van der Waals surface area contributed by atoms with Crippen LogP contribution in [0.1, 0.15) is 19.8 Å². The van der Waals surface area contributed by atoms with Gasteiger partial charge in [-0.05, 0) is 61.8 Å². The highest BCUT2D eigenvalue weighted by molar-refractivity contribution is 7.17. The number of anilines is 1. The largest absolute Gasteiger partial charge is 0.369 e. The topological polar surface area (TPSA) is 15.3 Å². The minimum absolute atomic E-state index is 0.618. The lowest BCUT2D eigenvalue weighted by atomic mass is 9.97. The second-order valence-electron chi connectivity index (χ2n) is 5.20. The van der Waals surface area contributed by atoms with Crippen LogP contribution >= 0.6 is 11.3 Å². The molecule has 96 valence electrons. The zero-order valence-electron chi connectivity index (χ0n) is 11.0. The second-order valence-corrected chi connectivity index (χ2v) is 6.14. The maximum Gasteiger partial charge on any atom is 0.0375 e. The summed E-state index contributed by atoms with van der Waals surface area (Å²) in [4.78, 5) is 2.55. The lowest BCUT2D eigenvalue weighted by molar-refractivity contribution is 0.387. The van der Waals surface area contributed by atoms with Crippen LogP contribution in [0, 0.1) is 0 Å². The Hall–Kier alpha value is -1.06. The standard InChI is InChI=1S/C15H20N2S/c1-11-9-13(16-2)5-7-17(11)14-3-4-15-12(10-14)6-8-18-15/h3-4,6,8,10-11,13,16H,5,7,9H2,1-2H3. The van der Waals surface area contributed by atoms with Crippen LogP contribution in [0.25, 0.3) is 10.1 Å². The molecule has 2 aromatic rings. The van der Waals surface area contributed by atoms with E-state index in [9.17, 15) is 0 Å². The molecule has 0 saturated carbocycles. The van der Waals surface area contributed by atoms with Gasteiger partial charge in [-0.3, -0.25) is 0 Å². The SMILES string of the molecule is CNC1CCN(c2ccc3sccc3c2)C(C)C1. The number of nitrogens with zero attached hydrogens (tertiary/aromatic N) is 1. The van der Waals surface area contributed by atoms with E-state index in [-0.39, 0.29) is 0 Å². The van der Waals surface area contributed by atoms with Gasteiger partial charge in [-0.15, -0.1) is 11.3 Å². The van der Waals surface area contributed by atoms with E-state index in [4.69, 9.17) is 0 Å². The van der Waals surface area contributed by atoms with Gasteiger partial charge >= 0.3 is 0 Å². The van der Waals surface area contributed by atoms with Gasteiger partial charge in [0.2, 0.25) is 0 Å². The van der Waals surface area contributed by atoms with E-state index in [2.05, 4.69) is 53.8 Å². The molecule has 3 rings (SSSR count). The fourth-order valence-electron chi connectivity index (χ4n) is 2.95. The molecular formula is C15H20N2S. The number of nitrogens with one attached hydrogen (secondary N) is 1. The Morgan fingerprint density at radius 2 is 2.22 bits per heavy atom. The van der Waals surface area contributed by atoms with Crippen molar-refractivity contribution in [3.8, 4) is 0 Å². The minimum Gasteiger partial charge on any atom is -0.369 e. The van der Waals surface area contributed by atoms with Gasteiger partial charge in [0, 0.05) is 29.0 Å². The Kier molecular flexibility index (Phi) is 3.27. The van der Waals surface area contributed by atoms with Gasteiger partial charge in [0.1, 0.15) is 0 Å². The average molecular weight is 260 g/mol. The summed E-state index contributed by atoms with van der Waals surface area (Å²) in [6.45, 7) is 3.49. The molecule has 3 heteroatoms. The number of rotatable bonds is 2. The molecule has 2 nitrogen and oxygen atoms in total. The Balaban J connectivity index is 1.85. The van der Waals surface area contributed by atoms with Gasteiger partial charge in [0.15, 0.2) is 0 Å². The molecule has 0 radical (unpaired) electrons. The molecule has 2 atom stereocenters. The molecule has 1 aliphatic rings. The van der Waals surface area contributed by atoms with Crippen LogP contribution in [0.4, 0.5) is 5.69 Å². The van der Waals surface area contributed by atoms with Crippen LogP contribution in [0.3, 0.4) is 0 Å². The summed E-state index contributed by atoms with van der Waals surface area (Å²) in [5, 5.41) is 6.95. The highest BCUT2D eigenvalue weighted by Gasteiger charge is 2.24. The van der Waals surface area contributed by atoms with Crippen LogP contribution in [-0.2, 0) is 0 Å². The quantitative estimate of drug-likeness (QED) is 0.889. The zero-order valence-corrected chi connectivity index (χ0v) is 11.8. The summed E-state index contributed by atoms with van der Waals surface area (Å²) in [5.41, 5.74) is 1.38. The van der Waals surface area contributed by atoms with Gasteiger partial charge in [-0.1, -0.05) is 0 Å². The number of benzene rings is 1. The third-order valence-electron chi connectivity index (χ3n) is 4.05. The second kappa shape index (κ2) is 4.90. The molecule has 1 N–H and O–H groups in total. The van der Waals surface area contributed by atoms with Gasteiger partial charge in [0.05, 0.1) is 0 Å². The van der Waals surface area contributed by atoms with Crippen LogP contribution in [0.5, 0.6) is 0 Å². The molecule has 2 unspecified atom stereocenters. The minimum atomic E-state index is 0.618. The molecule has 2 heterocycles.